The molecule has 1 aliphatic heterocycles. The molecule has 1 N–H and O–H groups in total. The van der Waals surface area contributed by atoms with Crippen molar-refractivity contribution in [3.8, 4) is 5.75 Å². The van der Waals surface area contributed by atoms with Gasteiger partial charge in [0.25, 0.3) is 11.7 Å². The van der Waals surface area contributed by atoms with E-state index in [1.54, 1.807) is 24.5 Å². The number of aromatic nitrogens is 1. The van der Waals surface area contributed by atoms with E-state index >= 15 is 0 Å². The Labute approximate surface area is 174 Å². The van der Waals surface area contributed by atoms with Gasteiger partial charge >= 0.3 is 0 Å². The van der Waals surface area contributed by atoms with Crippen LogP contribution in [0.1, 0.15) is 23.6 Å². The fraction of sp³-hybridized carbons (Fsp3) is 0.318. The monoisotopic (exact) mass is 413 g/mol. The molecule has 8 heteroatoms. The topological polar surface area (TPSA) is 83.0 Å². The van der Waals surface area contributed by atoms with Crippen molar-refractivity contribution >= 4 is 17.4 Å². The lowest BCUT2D eigenvalue weighted by atomic mass is 9.95. The maximum absolute atomic E-state index is 13.9. The second kappa shape index (κ2) is 9.04. The quantitative estimate of drug-likeness (QED) is 0.427. The first kappa shape index (κ1) is 21.4. The maximum atomic E-state index is 13.9. The second-order valence-corrected chi connectivity index (χ2v) is 7.27. The minimum absolute atomic E-state index is 0.0165. The molecule has 2 aromatic rings. The van der Waals surface area contributed by atoms with Gasteiger partial charge in [-0.2, -0.15) is 0 Å². The standard InChI is InChI=1S/C22H24FN3O4/c1-25(2)11-4-12-26-19(14-7-9-24-10-8-14)18(21(28)22(26)29)20(27)16-13-15(23)5-6-17(16)30-3/h5-10,13,19,27H,4,11-12H2,1-3H3. The number of hydrogen-bond acceptors (Lipinski definition) is 6. The summed E-state index contributed by atoms with van der Waals surface area (Å²) < 4.78 is 19.1. The Morgan fingerprint density at radius 2 is 1.93 bits per heavy atom. The molecule has 0 aliphatic carbocycles. The predicted octanol–water partition coefficient (Wildman–Crippen LogP) is 2.60. The van der Waals surface area contributed by atoms with Crippen LogP contribution in [0.3, 0.4) is 0 Å². The highest BCUT2D eigenvalue weighted by molar-refractivity contribution is 6.46. The van der Waals surface area contributed by atoms with Crippen molar-refractivity contribution in [2.45, 2.75) is 12.5 Å². The fourth-order valence-electron chi connectivity index (χ4n) is 3.57. The summed E-state index contributed by atoms with van der Waals surface area (Å²) in [6.07, 6.45) is 3.75. The molecule has 1 aromatic carbocycles. The number of pyridine rings is 1. The van der Waals surface area contributed by atoms with Crippen LogP contribution >= 0.6 is 0 Å². The molecule has 1 aliphatic rings. The molecule has 7 nitrogen and oxygen atoms in total. The van der Waals surface area contributed by atoms with Gasteiger partial charge in [0, 0.05) is 18.9 Å². The summed E-state index contributed by atoms with van der Waals surface area (Å²) in [5, 5.41) is 11.0. The van der Waals surface area contributed by atoms with Crippen molar-refractivity contribution in [1.82, 2.24) is 14.8 Å². The van der Waals surface area contributed by atoms with Gasteiger partial charge in [0.15, 0.2) is 0 Å². The van der Waals surface area contributed by atoms with Gasteiger partial charge in [-0.3, -0.25) is 14.6 Å². The molecule has 1 unspecified atom stereocenters. The first-order chi connectivity index (χ1) is 14.3. The van der Waals surface area contributed by atoms with Crippen LogP contribution < -0.4 is 4.74 Å². The third kappa shape index (κ3) is 4.18. The number of ether oxygens (including phenoxy) is 1. The average Bonchev–Trinajstić information content (AvgIpc) is 2.98. The lowest BCUT2D eigenvalue weighted by molar-refractivity contribution is -0.139. The number of rotatable bonds is 7. The van der Waals surface area contributed by atoms with E-state index in [1.165, 1.54) is 24.1 Å². The van der Waals surface area contributed by atoms with Crippen molar-refractivity contribution in [3.05, 3.63) is 65.2 Å². The maximum Gasteiger partial charge on any atom is 0.295 e. The molecule has 0 radical (unpaired) electrons. The van der Waals surface area contributed by atoms with Crippen molar-refractivity contribution in [2.75, 3.05) is 34.3 Å². The van der Waals surface area contributed by atoms with Crippen LogP contribution in [0.25, 0.3) is 5.76 Å². The van der Waals surface area contributed by atoms with Gasteiger partial charge in [0.2, 0.25) is 0 Å². The van der Waals surface area contributed by atoms with E-state index in [-0.39, 0.29) is 16.9 Å². The molecule has 1 atom stereocenters. The van der Waals surface area contributed by atoms with E-state index in [0.29, 0.717) is 18.5 Å². The summed E-state index contributed by atoms with van der Waals surface area (Å²) in [6.45, 7) is 1.05. The zero-order chi connectivity index (χ0) is 21.8. The molecule has 1 aromatic heterocycles. The molecule has 0 spiro atoms. The third-order valence-corrected chi connectivity index (χ3v) is 4.98. The van der Waals surface area contributed by atoms with Crippen molar-refractivity contribution in [3.63, 3.8) is 0 Å². The number of benzene rings is 1. The number of halogens is 1. The Kier molecular flexibility index (Phi) is 6.47. The van der Waals surface area contributed by atoms with E-state index in [1.807, 2.05) is 19.0 Å². The van der Waals surface area contributed by atoms with Crippen molar-refractivity contribution in [1.29, 1.82) is 0 Å². The lowest BCUT2D eigenvalue weighted by Crippen LogP contribution is -2.32. The number of aliphatic hydroxyl groups excluding tert-OH is 1. The number of carbonyl (C=O) groups excluding carboxylic acids is 2. The summed E-state index contributed by atoms with van der Waals surface area (Å²) >= 11 is 0. The molecular weight excluding hydrogens is 389 g/mol. The SMILES string of the molecule is COc1ccc(F)cc1C(O)=C1C(=O)C(=O)N(CCCN(C)C)C1c1ccncc1. The van der Waals surface area contributed by atoms with E-state index < -0.39 is 29.3 Å². The molecule has 1 fully saturated rings. The minimum Gasteiger partial charge on any atom is -0.507 e. The van der Waals surface area contributed by atoms with Crippen molar-refractivity contribution in [2.24, 2.45) is 0 Å². The lowest BCUT2D eigenvalue weighted by Gasteiger charge is -2.26. The zero-order valence-electron chi connectivity index (χ0n) is 17.1. The Bertz CT molecular complexity index is 976. The fourth-order valence-corrected chi connectivity index (χ4v) is 3.57. The Morgan fingerprint density at radius 3 is 2.57 bits per heavy atom. The second-order valence-electron chi connectivity index (χ2n) is 7.27. The summed E-state index contributed by atoms with van der Waals surface area (Å²) in [5.74, 6) is -2.39. The molecule has 30 heavy (non-hydrogen) atoms. The smallest absolute Gasteiger partial charge is 0.295 e. The van der Waals surface area contributed by atoms with Crippen LogP contribution in [-0.2, 0) is 9.59 Å². The zero-order valence-corrected chi connectivity index (χ0v) is 17.1. The molecule has 158 valence electrons. The van der Waals surface area contributed by atoms with Gasteiger partial charge in [0.1, 0.15) is 17.3 Å². The summed E-state index contributed by atoms with van der Waals surface area (Å²) in [5.41, 5.74) is 0.550. The molecule has 1 saturated heterocycles. The first-order valence-electron chi connectivity index (χ1n) is 9.52. The summed E-state index contributed by atoms with van der Waals surface area (Å²) in [4.78, 5) is 33.2. The number of nitrogens with zero attached hydrogens (tertiary/aromatic N) is 3. The van der Waals surface area contributed by atoms with Crippen LogP contribution in [0.5, 0.6) is 5.75 Å². The highest BCUT2D eigenvalue weighted by atomic mass is 19.1. The first-order valence-corrected chi connectivity index (χ1v) is 9.52. The van der Waals surface area contributed by atoms with E-state index in [4.69, 9.17) is 4.74 Å². The van der Waals surface area contributed by atoms with Gasteiger partial charge < -0.3 is 19.6 Å². The van der Waals surface area contributed by atoms with Crippen molar-refractivity contribution < 1.29 is 23.8 Å². The van der Waals surface area contributed by atoms with Gasteiger partial charge in [0.05, 0.1) is 24.3 Å². The number of likely N-dealkylation sites (tertiary alicyclic amines) is 1. The number of ketones is 1. The molecule has 0 bridgehead atoms. The van der Waals surface area contributed by atoms with Crippen LogP contribution in [-0.4, -0.2) is 65.9 Å². The van der Waals surface area contributed by atoms with Crippen LogP contribution in [0.15, 0.2) is 48.3 Å². The van der Waals surface area contributed by atoms with Crippen LogP contribution in [0.4, 0.5) is 4.39 Å². The minimum atomic E-state index is -0.814. The van der Waals surface area contributed by atoms with Gasteiger partial charge in [-0.1, -0.05) is 0 Å². The molecule has 2 heterocycles. The summed E-state index contributed by atoms with van der Waals surface area (Å²) in [7, 11) is 5.22. The predicted molar refractivity (Wildman–Crippen MR) is 109 cm³/mol. The highest BCUT2D eigenvalue weighted by Crippen LogP contribution is 2.40. The van der Waals surface area contributed by atoms with E-state index in [2.05, 4.69) is 4.98 Å². The highest BCUT2D eigenvalue weighted by Gasteiger charge is 2.46. The van der Waals surface area contributed by atoms with Gasteiger partial charge in [-0.05, 0) is 63.0 Å². The molecule has 3 rings (SSSR count). The number of aliphatic hydroxyl groups is 1. The molecule has 1 amide bonds. The largest absolute Gasteiger partial charge is 0.507 e. The van der Waals surface area contributed by atoms with Gasteiger partial charge in [-0.15, -0.1) is 0 Å². The average molecular weight is 413 g/mol. The van der Waals surface area contributed by atoms with Crippen LogP contribution in [0.2, 0.25) is 0 Å². The number of carbonyl (C=O) groups is 2. The van der Waals surface area contributed by atoms with Gasteiger partial charge in [-0.25, -0.2) is 4.39 Å². The number of hydrogen-bond donors (Lipinski definition) is 1. The van der Waals surface area contributed by atoms with Crippen LogP contribution in [0, 0.1) is 5.82 Å². The Balaban J connectivity index is 2.13. The number of methoxy groups -OCH3 is 1. The molecular formula is C22H24FN3O4. The number of Topliss-reactive ketones (excluding diaryl/α,β-unsaturated/α-hetero) is 1. The van der Waals surface area contributed by atoms with E-state index in [9.17, 15) is 19.1 Å². The Hall–Kier alpha value is -3.26. The number of amides is 1. The van der Waals surface area contributed by atoms with E-state index in [0.717, 1.165) is 12.6 Å². The Morgan fingerprint density at radius 1 is 1.23 bits per heavy atom. The summed E-state index contributed by atoms with van der Waals surface area (Å²) in [6, 6.07) is 6.20. The molecule has 0 saturated carbocycles. The normalized spacial score (nSPS) is 18.3. The third-order valence-electron chi connectivity index (χ3n) is 4.98.